The summed E-state index contributed by atoms with van der Waals surface area (Å²) in [5, 5.41) is 1.05. The summed E-state index contributed by atoms with van der Waals surface area (Å²) >= 11 is 1.73. The first kappa shape index (κ1) is 12.6. The van der Waals surface area contributed by atoms with Crippen LogP contribution in [0, 0.1) is 6.92 Å². The number of nitrogens with one attached hydrogen (secondary N) is 1. The van der Waals surface area contributed by atoms with E-state index < -0.39 is 0 Å². The molecule has 0 amide bonds. The number of fused-ring (bicyclic) bond motifs is 2. The first-order valence-corrected chi connectivity index (χ1v) is 7.94. The zero-order valence-electron chi connectivity index (χ0n) is 11.5. The number of pyridine rings is 1. The Morgan fingerprint density at radius 1 is 1.14 bits per heavy atom. The Balaban J connectivity index is 1.89. The van der Waals surface area contributed by atoms with E-state index in [1.165, 1.54) is 0 Å². The van der Waals surface area contributed by atoms with Gasteiger partial charge in [-0.05, 0) is 31.2 Å². The van der Waals surface area contributed by atoms with Crippen molar-refractivity contribution in [2.24, 2.45) is 0 Å². The average Bonchev–Trinajstić information content (AvgIpc) is 2.95. The van der Waals surface area contributed by atoms with Crippen molar-refractivity contribution in [3.8, 4) is 11.4 Å². The van der Waals surface area contributed by atoms with E-state index in [-0.39, 0.29) is 5.56 Å². The molecule has 0 unspecified atom stereocenters. The van der Waals surface area contributed by atoms with Crippen molar-refractivity contribution in [2.45, 2.75) is 18.4 Å². The van der Waals surface area contributed by atoms with E-state index in [1.54, 1.807) is 11.8 Å². The number of aromatic nitrogens is 3. The van der Waals surface area contributed by atoms with E-state index in [4.69, 9.17) is 0 Å². The molecule has 4 rings (SSSR count). The maximum atomic E-state index is 12.1. The van der Waals surface area contributed by atoms with Crippen LogP contribution in [-0.4, -0.2) is 15.0 Å². The highest BCUT2D eigenvalue weighted by Gasteiger charge is 2.18. The van der Waals surface area contributed by atoms with Gasteiger partial charge in [-0.2, -0.15) is 11.8 Å². The molecule has 0 radical (unpaired) electrons. The fourth-order valence-electron chi connectivity index (χ4n) is 2.57. The lowest BCUT2D eigenvalue weighted by molar-refractivity contribution is 1.03. The summed E-state index contributed by atoms with van der Waals surface area (Å²) in [7, 11) is 0. The summed E-state index contributed by atoms with van der Waals surface area (Å²) in [4.78, 5) is 24.1. The Morgan fingerprint density at radius 2 is 2.05 bits per heavy atom. The first-order chi connectivity index (χ1) is 10.2. The minimum absolute atomic E-state index is 0.0119. The molecule has 0 spiro atoms. The monoisotopic (exact) mass is 295 g/mol. The van der Waals surface area contributed by atoms with Gasteiger partial charge in [0.25, 0.3) is 5.56 Å². The number of hydrogen-bond donors (Lipinski definition) is 1. The summed E-state index contributed by atoms with van der Waals surface area (Å²) < 4.78 is 0. The Bertz CT molecular complexity index is 917. The lowest BCUT2D eigenvalue weighted by atomic mass is 10.1. The first-order valence-electron chi connectivity index (χ1n) is 6.78. The fourth-order valence-corrected chi connectivity index (χ4v) is 3.61. The second-order valence-corrected chi connectivity index (χ2v) is 6.18. The zero-order chi connectivity index (χ0) is 14.4. The molecule has 3 heterocycles. The van der Waals surface area contributed by atoms with Crippen LogP contribution in [0.3, 0.4) is 0 Å². The third kappa shape index (κ3) is 2.14. The second-order valence-electron chi connectivity index (χ2n) is 5.19. The van der Waals surface area contributed by atoms with Crippen LogP contribution in [-0.2, 0) is 11.5 Å². The minimum atomic E-state index is -0.0119. The maximum Gasteiger partial charge on any atom is 0.255 e. The molecule has 2 aromatic heterocycles. The Kier molecular flexibility index (Phi) is 2.82. The Labute approximate surface area is 125 Å². The fraction of sp³-hybridized carbons (Fsp3) is 0.188. The lowest BCUT2D eigenvalue weighted by Gasteiger charge is -2.05. The maximum absolute atomic E-state index is 12.1. The molecular formula is C16H13N3OS. The van der Waals surface area contributed by atoms with Crippen molar-refractivity contribution in [3.63, 3.8) is 0 Å². The molecule has 0 aliphatic carbocycles. The molecule has 0 saturated carbocycles. The van der Waals surface area contributed by atoms with Gasteiger partial charge in [0.15, 0.2) is 0 Å². The highest BCUT2D eigenvalue weighted by atomic mass is 32.2. The van der Waals surface area contributed by atoms with E-state index in [0.717, 1.165) is 44.9 Å². The quantitative estimate of drug-likeness (QED) is 0.749. The molecule has 104 valence electrons. The number of benzene rings is 1. The van der Waals surface area contributed by atoms with E-state index in [2.05, 4.69) is 15.0 Å². The van der Waals surface area contributed by atoms with Gasteiger partial charge in [0.1, 0.15) is 5.82 Å². The van der Waals surface area contributed by atoms with Gasteiger partial charge in [0.2, 0.25) is 0 Å². The molecule has 4 nitrogen and oxygen atoms in total. The molecule has 1 N–H and O–H groups in total. The summed E-state index contributed by atoms with van der Waals surface area (Å²) in [6.07, 6.45) is 0. The molecule has 1 aliphatic rings. The molecular weight excluding hydrogens is 282 g/mol. The van der Waals surface area contributed by atoms with Gasteiger partial charge in [-0.3, -0.25) is 9.78 Å². The van der Waals surface area contributed by atoms with E-state index in [9.17, 15) is 4.79 Å². The van der Waals surface area contributed by atoms with Gasteiger partial charge in [0.05, 0.1) is 11.2 Å². The number of aromatic amines is 1. The number of aryl methyl sites for hydroxylation is 1. The molecule has 21 heavy (non-hydrogen) atoms. The van der Waals surface area contributed by atoms with Gasteiger partial charge >= 0.3 is 0 Å². The van der Waals surface area contributed by atoms with E-state index >= 15 is 0 Å². The average molecular weight is 295 g/mol. The van der Waals surface area contributed by atoms with Crippen molar-refractivity contribution >= 4 is 22.7 Å². The van der Waals surface area contributed by atoms with Crippen LogP contribution < -0.4 is 5.56 Å². The van der Waals surface area contributed by atoms with E-state index in [0.29, 0.717) is 5.82 Å². The SMILES string of the molecule is Cc1ccc2cc(-c3nc4c(c(=O)[nH]3)CSC4)ccc2n1. The van der Waals surface area contributed by atoms with Crippen LogP contribution in [0.15, 0.2) is 35.1 Å². The lowest BCUT2D eigenvalue weighted by Crippen LogP contribution is -2.15. The zero-order valence-corrected chi connectivity index (χ0v) is 12.3. The highest BCUT2D eigenvalue weighted by Crippen LogP contribution is 2.27. The van der Waals surface area contributed by atoms with Gasteiger partial charge in [-0.1, -0.05) is 6.07 Å². The van der Waals surface area contributed by atoms with Crippen molar-refractivity contribution in [1.82, 2.24) is 15.0 Å². The van der Waals surface area contributed by atoms with Crippen molar-refractivity contribution in [1.29, 1.82) is 0 Å². The van der Waals surface area contributed by atoms with Gasteiger partial charge < -0.3 is 4.98 Å². The number of nitrogens with zero attached hydrogens (tertiary/aromatic N) is 2. The molecule has 1 aromatic carbocycles. The van der Waals surface area contributed by atoms with E-state index in [1.807, 2.05) is 37.3 Å². The van der Waals surface area contributed by atoms with Crippen molar-refractivity contribution < 1.29 is 0 Å². The molecule has 3 aromatic rings. The predicted molar refractivity (Wildman–Crippen MR) is 85.3 cm³/mol. The van der Waals surface area contributed by atoms with Crippen molar-refractivity contribution in [3.05, 3.63) is 57.6 Å². The largest absolute Gasteiger partial charge is 0.306 e. The molecule has 0 fully saturated rings. The summed E-state index contributed by atoms with van der Waals surface area (Å²) in [5.74, 6) is 2.23. The van der Waals surface area contributed by atoms with Crippen LogP contribution in [0.5, 0.6) is 0 Å². The summed E-state index contributed by atoms with van der Waals surface area (Å²) in [6, 6.07) is 9.99. The molecule has 5 heteroatoms. The smallest absolute Gasteiger partial charge is 0.255 e. The molecule has 1 aliphatic heterocycles. The van der Waals surface area contributed by atoms with Crippen molar-refractivity contribution in [2.75, 3.05) is 0 Å². The van der Waals surface area contributed by atoms with Gasteiger partial charge in [-0.15, -0.1) is 0 Å². The normalized spacial score (nSPS) is 13.6. The highest BCUT2D eigenvalue weighted by molar-refractivity contribution is 7.98. The van der Waals surface area contributed by atoms with Crippen LogP contribution in [0.25, 0.3) is 22.3 Å². The molecule has 0 saturated heterocycles. The number of H-pyrrole nitrogens is 1. The molecule has 0 atom stereocenters. The van der Waals surface area contributed by atoms with Crippen LogP contribution in [0.2, 0.25) is 0 Å². The van der Waals surface area contributed by atoms with Crippen LogP contribution in [0.1, 0.15) is 17.0 Å². The number of rotatable bonds is 1. The standard InChI is InChI=1S/C16H13N3OS/c1-9-2-3-10-6-11(4-5-13(10)17-9)15-18-14-8-21-7-12(14)16(20)19-15/h2-6H,7-8H2,1H3,(H,18,19,20). The van der Waals surface area contributed by atoms with Crippen LogP contribution in [0.4, 0.5) is 0 Å². The second kappa shape index (κ2) is 4.70. The third-order valence-corrected chi connectivity index (χ3v) is 4.66. The third-order valence-electron chi connectivity index (χ3n) is 3.69. The van der Waals surface area contributed by atoms with Gasteiger partial charge in [-0.25, -0.2) is 4.98 Å². The Hall–Kier alpha value is -2.14. The topological polar surface area (TPSA) is 58.6 Å². The Morgan fingerprint density at radius 3 is 2.95 bits per heavy atom. The minimum Gasteiger partial charge on any atom is -0.306 e. The van der Waals surface area contributed by atoms with Crippen LogP contribution >= 0.6 is 11.8 Å². The summed E-state index contributed by atoms with van der Waals surface area (Å²) in [6.45, 7) is 1.98. The molecule has 0 bridgehead atoms. The number of thioether (sulfide) groups is 1. The number of hydrogen-bond acceptors (Lipinski definition) is 4. The predicted octanol–water partition coefficient (Wildman–Crippen LogP) is 3.04. The summed E-state index contributed by atoms with van der Waals surface area (Å²) in [5.41, 5.74) is 4.60. The van der Waals surface area contributed by atoms with Gasteiger partial charge in [0, 0.05) is 33.7 Å².